The maximum Gasteiger partial charge on any atom is 0.341 e. The number of likely N-dealkylation sites (tertiary alicyclic amines) is 1. The summed E-state index contributed by atoms with van der Waals surface area (Å²) in [5, 5.41) is 0. The number of piperidine rings is 1. The third kappa shape index (κ3) is 4.05. The molecule has 1 aromatic carbocycles. The number of carbonyl (C=O) groups excluding carboxylic acids is 1. The van der Waals surface area contributed by atoms with Crippen LogP contribution in [-0.2, 0) is 11.2 Å². The van der Waals surface area contributed by atoms with Gasteiger partial charge in [-0.1, -0.05) is 25.5 Å². The van der Waals surface area contributed by atoms with E-state index in [0.717, 1.165) is 43.7 Å². The van der Waals surface area contributed by atoms with Crippen LogP contribution in [0.15, 0.2) is 18.2 Å². The largest absolute Gasteiger partial charge is 0.492 e. The van der Waals surface area contributed by atoms with E-state index in [1.165, 1.54) is 19.4 Å². The third-order valence-corrected chi connectivity index (χ3v) is 4.92. The lowest BCUT2D eigenvalue weighted by molar-refractivity contribution is 0.0368. The van der Waals surface area contributed by atoms with Crippen molar-refractivity contribution in [1.29, 1.82) is 0 Å². The molecule has 0 atom stereocenters. The minimum absolute atomic E-state index is 0.239. The molecule has 0 amide bonds. The highest BCUT2D eigenvalue weighted by Gasteiger charge is 2.24. The van der Waals surface area contributed by atoms with Gasteiger partial charge in [0.25, 0.3) is 0 Å². The molecular formula is C19H27NO3. The van der Waals surface area contributed by atoms with Crippen molar-refractivity contribution in [3.8, 4) is 5.75 Å². The van der Waals surface area contributed by atoms with Crippen LogP contribution in [0.25, 0.3) is 0 Å². The Hall–Kier alpha value is -1.55. The molecule has 0 saturated carbocycles. The van der Waals surface area contributed by atoms with E-state index in [1.807, 2.05) is 12.1 Å². The van der Waals surface area contributed by atoms with Crippen LogP contribution >= 0.6 is 0 Å². The highest BCUT2D eigenvalue weighted by molar-refractivity contribution is 5.93. The lowest BCUT2D eigenvalue weighted by atomic mass is 9.97. The second-order valence-corrected chi connectivity index (χ2v) is 6.63. The molecule has 0 spiro atoms. The fourth-order valence-electron chi connectivity index (χ4n) is 3.41. The number of fused-ring (bicyclic) bond motifs is 1. The van der Waals surface area contributed by atoms with Gasteiger partial charge >= 0.3 is 5.97 Å². The number of hydrogen-bond acceptors (Lipinski definition) is 4. The quantitative estimate of drug-likeness (QED) is 0.755. The normalized spacial score (nSPS) is 18.5. The highest BCUT2D eigenvalue weighted by Crippen LogP contribution is 2.30. The van der Waals surface area contributed by atoms with E-state index in [4.69, 9.17) is 9.47 Å². The van der Waals surface area contributed by atoms with E-state index in [1.54, 1.807) is 6.07 Å². The molecular weight excluding hydrogens is 290 g/mol. The van der Waals surface area contributed by atoms with E-state index < -0.39 is 0 Å². The fraction of sp³-hybridized carbons (Fsp3) is 0.632. The Morgan fingerprint density at radius 1 is 1.35 bits per heavy atom. The lowest BCUT2D eigenvalue weighted by Gasteiger charge is -2.31. The maximum atomic E-state index is 12.3. The van der Waals surface area contributed by atoms with Gasteiger partial charge in [0, 0.05) is 6.42 Å². The first kappa shape index (κ1) is 16.3. The van der Waals surface area contributed by atoms with Crippen LogP contribution in [0, 0.1) is 5.92 Å². The van der Waals surface area contributed by atoms with E-state index >= 15 is 0 Å². The molecule has 2 aliphatic heterocycles. The van der Waals surface area contributed by atoms with Crippen LogP contribution in [0.2, 0.25) is 0 Å². The van der Waals surface area contributed by atoms with Gasteiger partial charge in [0.2, 0.25) is 0 Å². The minimum atomic E-state index is -0.239. The van der Waals surface area contributed by atoms with Gasteiger partial charge in [-0.25, -0.2) is 4.79 Å². The number of rotatable bonds is 6. The number of ether oxygens (including phenoxy) is 2. The van der Waals surface area contributed by atoms with Gasteiger partial charge < -0.3 is 14.4 Å². The first-order chi connectivity index (χ1) is 11.3. The summed E-state index contributed by atoms with van der Waals surface area (Å²) in [6, 6.07) is 5.74. The molecule has 0 aliphatic carbocycles. The summed E-state index contributed by atoms with van der Waals surface area (Å²) < 4.78 is 11.2. The number of esters is 1. The number of nitrogens with zero attached hydrogens (tertiary/aromatic N) is 1. The summed E-state index contributed by atoms with van der Waals surface area (Å²) in [6.45, 7) is 6.89. The van der Waals surface area contributed by atoms with E-state index in [9.17, 15) is 4.79 Å². The van der Waals surface area contributed by atoms with Gasteiger partial charge in [0.05, 0.1) is 13.2 Å². The molecule has 3 rings (SSSR count). The molecule has 4 heteroatoms. The standard InChI is InChI=1S/C19H27NO3/c1-2-3-10-20-11-7-15(8-12-20)14-23-19(21)17-6-4-5-16-9-13-22-18(16)17/h4-6,15H,2-3,7-14H2,1H3. The van der Waals surface area contributed by atoms with Crippen molar-refractivity contribution in [3.63, 3.8) is 0 Å². The second kappa shape index (κ2) is 7.82. The molecule has 4 nitrogen and oxygen atoms in total. The third-order valence-electron chi connectivity index (χ3n) is 4.92. The number of benzene rings is 1. The smallest absolute Gasteiger partial charge is 0.341 e. The molecule has 1 saturated heterocycles. The summed E-state index contributed by atoms with van der Waals surface area (Å²) in [6.07, 6.45) is 5.66. The van der Waals surface area contributed by atoms with E-state index in [2.05, 4.69) is 11.8 Å². The fourth-order valence-corrected chi connectivity index (χ4v) is 3.41. The average molecular weight is 317 g/mol. The molecule has 126 valence electrons. The van der Waals surface area contributed by atoms with Crippen LogP contribution in [-0.4, -0.2) is 43.7 Å². The van der Waals surface area contributed by atoms with Crippen LogP contribution in [0.5, 0.6) is 5.75 Å². The molecule has 23 heavy (non-hydrogen) atoms. The van der Waals surface area contributed by atoms with Crippen molar-refractivity contribution in [3.05, 3.63) is 29.3 Å². The first-order valence-corrected chi connectivity index (χ1v) is 8.92. The van der Waals surface area contributed by atoms with Crippen molar-refractivity contribution in [2.45, 2.75) is 39.0 Å². The Morgan fingerprint density at radius 2 is 2.17 bits per heavy atom. The molecule has 0 N–H and O–H groups in total. The number of hydrogen-bond donors (Lipinski definition) is 0. The van der Waals surface area contributed by atoms with Crippen LogP contribution in [0.4, 0.5) is 0 Å². The topological polar surface area (TPSA) is 38.8 Å². The molecule has 0 bridgehead atoms. The molecule has 1 aromatic rings. The van der Waals surface area contributed by atoms with E-state index in [-0.39, 0.29) is 5.97 Å². The zero-order chi connectivity index (χ0) is 16.1. The number of para-hydroxylation sites is 1. The summed E-state index contributed by atoms with van der Waals surface area (Å²) in [4.78, 5) is 14.9. The molecule has 2 aliphatic rings. The lowest BCUT2D eigenvalue weighted by Crippen LogP contribution is -2.36. The van der Waals surface area contributed by atoms with E-state index in [0.29, 0.717) is 24.7 Å². The van der Waals surface area contributed by atoms with Crippen LogP contribution in [0.3, 0.4) is 0 Å². The summed E-state index contributed by atoms with van der Waals surface area (Å²) in [7, 11) is 0. The van der Waals surface area contributed by atoms with Gasteiger partial charge in [-0.3, -0.25) is 0 Å². The average Bonchev–Trinajstić information content (AvgIpc) is 3.07. The zero-order valence-corrected chi connectivity index (χ0v) is 14.1. The summed E-state index contributed by atoms with van der Waals surface area (Å²) >= 11 is 0. The Kier molecular flexibility index (Phi) is 5.55. The minimum Gasteiger partial charge on any atom is -0.492 e. The molecule has 0 unspecified atom stereocenters. The Bertz CT molecular complexity index is 535. The molecule has 2 heterocycles. The van der Waals surface area contributed by atoms with Gasteiger partial charge in [-0.05, 0) is 56.4 Å². The highest BCUT2D eigenvalue weighted by atomic mass is 16.5. The Labute approximate surface area is 138 Å². The maximum absolute atomic E-state index is 12.3. The Balaban J connectivity index is 1.46. The SMILES string of the molecule is CCCCN1CCC(COC(=O)c2cccc3c2OCC3)CC1. The van der Waals surface area contributed by atoms with Gasteiger partial charge in [0.1, 0.15) is 11.3 Å². The Morgan fingerprint density at radius 3 is 2.96 bits per heavy atom. The molecule has 1 fully saturated rings. The van der Waals surface area contributed by atoms with Gasteiger partial charge in [-0.15, -0.1) is 0 Å². The predicted molar refractivity (Wildman–Crippen MR) is 90.0 cm³/mol. The van der Waals surface area contributed by atoms with Gasteiger partial charge in [0.15, 0.2) is 0 Å². The van der Waals surface area contributed by atoms with Crippen molar-refractivity contribution in [2.24, 2.45) is 5.92 Å². The monoisotopic (exact) mass is 317 g/mol. The molecule has 0 aromatic heterocycles. The second-order valence-electron chi connectivity index (χ2n) is 6.63. The zero-order valence-electron chi connectivity index (χ0n) is 14.1. The molecule has 0 radical (unpaired) electrons. The van der Waals surface area contributed by atoms with Crippen molar-refractivity contribution in [1.82, 2.24) is 4.90 Å². The van der Waals surface area contributed by atoms with Crippen LogP contribution in [0.1, 0.15) is 48.5 Å². The van der Waals surface area contributed by atoms with Crippen molar-refractivity contribution in [2.75, 3.05) is 32.8 Å². The number of unbranched alkanes of at least 4 members (excludes halogenated alkanes) is 1. The van der Waals surface area contributed by atoms with Crippen molar-refractivity contribution < 1.29 is 14.3 Å². The van der Waals surface area contributed by atoms with Crippen molar-refractivity contribution >= 4 is 5.97 Å². The summed E-state index contributed by atoms with van der Waals surface area (Å²) in [5.74, 6) is 0.985. The predicted octanol–water partition coefficient (Wildman–Crippen LogP) is 3.29. The first-order valence-electron chi connectivity index (χ1n) is 8.92. The van der Waals surface area contributed by atoms with Crippen LogP contribution < -0.4 is 4.74 Å². The summed E-state index contributed by atoms with van der Waals surface area (Å²) in [5.41, 5.74) is 1.70. The van der Waals surface area contributed by atoms with Gasteiger partial charge in [-0.2, -0.15) is 0 Å². The number of carbonyl (C=O) groups is 1.